The quantitative estimate of drug-likeness (QED) is 0.799. The van der Waals surface area contributed by atoms with Gasteiger partial charge in [0.15, 0.2) is 5.65 Å². The Bertz CT molecular complexity index is 836. The van der Waals surface area contributed by atoms with E-state index in [2.05, 4.69) is 20.4 Å². The van der Waals surface area contributed by atoms with Gasteiger partial charge in [-0.25, -0.2) is 4.98 Å². The van der Waals surface area contributed by atoms with Crippen LogP contribution in [0, 0.1) is 0 Å². The number of hydrogen-bond acceptors (Lipinski definition) is 5. The smallest absolute Gasteiger partial charge is 0.451 e. The summed E-state index contributed by atoms with van der Waals surface area (Å²) in [5.74, 6) is -1.09. The summed E-state index contributed by atoms with van der Waals surface area (Å²) in [4.78, 5) is 7.27. The lowest BCUT2D eigenvalue weighted by Crippen LogP contribution is -2.17. The summed E-state index contributed by atoms with van der Waals surface area (Å²) in [7, 11) is 0. The van der Waals surface area contributed by atoms with Crippen molar-refractivity contribution < 1.29 is 17.6 Å². The number of rotatable bonds is 4. The molecular formula is C14H12F3N5O. The number of nitrogens with zero attached hydrogens (tertiary/aromatic N) is 4. The number of nitrogens with one attached hydrogen (secondary N) is 1. The Labute approximate surface area is 128 Å². The zero-order chi connectivity index (χ0) is 16.0. The lowest BCUT2D eigenvalue weighted by atomic mass is 10.1. The molecule has 0 aromatic carbocycles. The minimum atomic E-state index is -4.61. The molecule has 4 rings (SSSR count). The van der Waals surface area contributed by atoms with Gasteiger partial charge in [-0.3, -0.25) is 0 Å². The molecule has 0 spiro atoms. The lowest BCUT2D eigenvalue weighted by molar-refractivity contribution is -0.144. The van der Waals surface area contributed by atoms with Crippen LogP contribution >= 0.6 is 0 Å². The van der Waals surface area contributed by atoms with E-state index in [1.165, 1.54) is 17.0 Å². The van der Waals surface area contributed by atoms with Gasteiger partial charge >= 0.3 is 6.18 Å². The molecule has 23 heavy (non-hydrogen) atoms. The third kappa shape index (κ3) is 2.73. The van der Waals surface area contributed by atoms with Gasteiger partial charge in [-0.1, -0.05) is 0 Å². The predicted molar refractivity (Wildman–Crippen MR) is 73.9 cm³/mol. The van der Waals surface area contributed by atoms with Crippen molar-refractivity contribution in [2.75, 3.05) is 5.32 Å². The Morgan fingerprint density at radius 3 is 2.78 bits per heavy atom. The molecule has 120 valence electrons. The number of fused-ring (bicyclic) bond motifs is 1. The van der Waals surface area contributed by atoms with E-state index in [1.807, 2.05) is 0 Å². The highest BCUT2D eigenvalue weighted by molar-refractivity contribution is 5.53. The van der Waals surface area contributed by atoms with E-state index in [0.717, 1.165) is 18.4 Å². The molecule has 0 saturated heterocycles. The molecule has 6 nitrogen and oxygen atoms in total. The van der Waals surface area contributed by atoms with Gasteiger partial charge < -0.3 is 9.73 Å². The molecule has 1 N–H and O–H groups in total. The van der Waals surface area contributed by atoms with Crippen LogP contribution in [0.25, 0.3) is 5.65 Å². The SMILES string of the molecule is FC(F)(F)c1nc(NC2CC2)n2ncc(Cc3ccoc3)c2n1. The predicted octanol–water partition coefficient (Wildman–Crippen LogP) is 2.90. The van der Waals surface area contributed by atoms with Gasteiger partial charge in [0.05, 0.1) is 18.7 Å². The van der Waals surface area contributed by atoms with Crippen LogP contribution in [0.2, 0.25) is 0 Å². The average Bonchev–Trinajstić information content (AvgIpc) is 2.99. The summed E-state index contributed by atoms with van der Waals surface area (Å²) in [6.07, 6.45) is 2.16. The second kappa shape index (κ2) is 4.97. The molecule has 0 unspecified atom stereocenters. The van der Waals surface area contributed by atoms with E-state index in [4.69, 9.17) is 4.42 Å². The molecule has 1 aliphatic rings. The normalized spacial score (nSPS) is 15.3. The monoisotopic (exact) mass is 323 g/mol. The molecule has 1 fully saturated rings. The Hall–Kier alpha value is -2.58. The van der Waals surface area contributed by atoms with Crippen molar-refractivity contribution in [2.45, 2.75) is 31.5 Å². The van der Waals surface area contributed by atoms with E-state index < -0.39 is 12.0 Å². The van der Waals surface area contributed by atoms with Crippen molar-refractivity contribution in [1.29, 1.82) is 0 Å². The topological polar surface area (TPSA) is 68.2 Å². The van der Waals surface area contributed by atoms with E-state index in [1.54, 1.807) is 12.3 Å². The minimum absolute atomic E-state index is 0.0725. The van der Waals surface area contributed by atoms with Crippen LogP contribution in [-0.4, -0.2) is 25.6 Å². The summed E-state index contributed by atoms with van der Waals surface area (Å²) < 4.78 is 45.5. The van der Waals surface area contributed by atoms with E-state index in [0.29, 0.717) is 12.0 Å². The molecule has 0 atom stereocenters. The summed E-state index contributed by atoms with van der Waals surface area (Å²) >= 11 is 0. The Balaban J connectivity index is 1.82. The fourth-order valence-corrected chi connectivity index (χ4v) is 2.29. The van der Waals surface area contributed by atoms with Crippen molar-refractivity contribution in [3.63, 3.8) is 0 Å². The largest absolute Gasteiger partial charge is 0.472 e. The molecular weight excluding hydrogens is 311 g/mol. The first-order chi connectivity index (χ1) is 11.0. The highest BCUT2D eigenvalue weighted by atomic mass is 19.4. The van der Waals surface area contributed by atoms with Crippen LogP contribution in [0.5, 0.6) is 0 Å². The second-order valence-electron chi connectivity index (χ2n) is 5.50. The maximum absolute atomic E-state index is 13.1. The molecule has 0 aliphatic heterocycles. The maximum Gasteiger partial charge on any atom is 0.451 e. The Morgan fingerprint density at radius 1 is 1.30 bits per heavy atom. The van der Waals surface area contributed by atoms with Gasteiger partial charge in [0, 0.05) is 18.0 Å². The van der Waals surface area contributed by atoms with E-state index >= 15 is 0 Å². The Kier molecular flexibility index (Phi) is 3.03. The van der Waals surface area contributed by atoms with Crippen LogP contribution in [0.15, 0.2) is 29.2 Å². The number of alkyl halides is 3. The first-order valence-corrected chi connectivity index (χ1v) is 7.10. The summed E-state index contributed by atoms with van der Waals surface area (Å²) in [5, 5.41) is 7.11. The lowest BCUT2D eigenvalue weighted by Gasteiger charge is -2.10. The van der Waals surface area contributed by atoms with Crippen LogP contribution in [0.4, 0.5) is 19.1 Å². The van der Waals surface area contributed by atoms with Crippen LogP contribution in [0.3, 0.4) is 0 Å². The van der Waals surface area contributed by atoms with Gasteiger partial charge in [0.25, 0.3) is 0 Å². The zero-order valence-corrected chi connectivity index (χ0v) is 11.8. The van der Waals surface area contributed by atoms with Crippen molar-refractivity contribution in [3.8, 4) is 0 Å². The van der Waals surface area contributed by atoms with Gasteiger partial charge in [-0.05, 0) is 24.5 Å². The van der Waals surface area contributed by atoms with Gasteiger partial charge in [-0.2, -0.15) is 27.8 Å². The van der Waals surface area contributed by atoms with Gasteiger partial charge in [0.2, 0.25) is 11.8 Å². The molecule has 1 saturated carbocycles. The average molecular weight is 323 g/mol. The Morgan fingerprint density at radius 2 is 2.13 bits per heavy atom. The minimum Gasteiger partial charge on any atom is -0.472 e. The molecule has 3 aromatic rings. The van der Waals surface area contributed by atoms with Crippen molar-refractivity contribution in [2.24, 2.45) is 0 Å². The molecule has 3 heterocycles. The number of furan rings is 1. The maximum atomic E-state index is 13.1. The van der Waals surface area contributed by atoms with Crippen molar-refractivity contribution >= 4 is 11.6 Å². The van der Waals surface area contributed by atoms with Crippen LogP contribution in [-0.2, 0) is 12.6 Å². The van der Waals surface area contributed by atoms with Gasteiger partial charge in [0.1, 0.15) is 0 Å². The number of hydrogen-bond donors (Lipinski definition) is 1. The van der Waals surface area contributed by atoms with E-state index in [9.17, 15) is 13.2 Å². The third-order valence-corrected chi connectivity index (χ3v) is 3.58. The summed E-state index contributed by atoms with van der Waals surface area (Å²) in [6.45, 7) is 0. The van der Waals surface area contributed by atoms with Crippen LogP contribution < -0.4 is 5.32 Å². The molecule has 9 heteroatoms. The molecule has 0 radical (unpaired) electrons. The standard InChI is InChI=1S/C14H12F3N5O/c15-14(16,17)12-20-11-9(5-8-3-4-23-7-8)6-18-22(11)13(21-12)19-10-1-2-10/h3-4,6-7,10H,1-2,5H2,(H,19,20,21). The second-order valence-corrected chi connectivity index (χ2v) is 5.50. The number of anilines is 1. The van der Waals surface area contributed by atoms with Crippen molar-refractivity contribution in [3.05, 3.63) is 41.7 Å². The fraction of sp³-hybridized carbons (Fsp3) is 0.357. The molecule has 3 aromatic heterocycles. The highest BCUT2D eigenvalue weighted by Crippen LogP contribution is 2.30. The zero-order valence-electron chi connectivity index (χ0n) is 11.8. The molecule has 0 amide bonds. The molecule has 0 bridgehead atoms. The van der Waals surface area contributed by atoms with Crippen LogP contribution in [0.1, 0.15) is 29.8 Å². The van der Waals surface area contributed by atoms with E-state index in [-0.39, 0.29) is 17.6 Å². The van der Waals surface area contributed by atoms with Gasteiger partial charge in [-0.15, -0.1) is 0 Å². The van der Waals surface area contributed by atoms with Crippen molar-refractivity contribution in [1.82, 2.24) is 19.6 Å². The first kappa shape index (κ1) is 14.0. The summed E-state index contributed by atoms with van der Waals surface area (Å²) in [6, 6.07) is 1.90. The third-order valence-electron chi connectivity index (χ3n) is 3.58. The number of aromatic nitrogens is 4. The summed E-state index contributed by atoms with van der Waals surface area (Å²) in [5.41, 5.74) is 1.57. The molecule has 1 aliphatic carbocycles. The fourth-order valence-electron chi connectivity index (χ4n) is 2.29. The highest BCUT2D eigenvalue weighted by Gasteiger charge is 2.37. The first-order valence-electron chi connectivity index (χ1n) is 7.10. The number of halogens is 3.